The van der Waals surface area contributed by atoms with Gasteiger partial charge in [-0.1, -0.05) is 27.7 Å². The highest BCUT2D eigenvalue weighted by Gasteiger charge is 1.94. The molecule has 0 aliphatic rings. The molecule has 0 aliphatic carbocycles. The van der Waals surface area contributed by atoms with Crippen LogP contribution in [0.25, 0.3) is 0 Å². The van der Waals surface area contributed by atoms with E-state index in [2.05, 4.69) is 19.2 Å². The fourth-order valence-electron chi connectivity index (χ4n) is 0.595. The van der Waals surface area contributed by atoms with Crippen molar-refractivity contribution in [2.24, 2.45) is 5.92 Å². The molecule has 0 saturated carbocycles. The van der Waals surface area contributed by atoms with E-state index in [1.54, 1.807) is 0 Å². The van der Waals surface area contributed by atoms with Crippen LogP contribution in [0.1, 0.15) is 35.5 Å². The summed E-state index contributed by atoms with van der Waals surface area (Å²) in [4.78, 5) is 0. The lowest BCUT2D eigenvalue weighted by Gasteiger charge is -2.05. The Morgan fingerprint density at radius 1 is 1.56 bits per heavy atom. The number of nitrogens with one attached hydrogen (secondary N) is 1. The monoisotopic (exact) mass is 133 g/mol. The normalized spacial score (nSPS) is 12.3. The molecule has 0 aromatic carbocycles. The molecule has 0 rings (SSSR count). The first-order chi connectivity index (χ1) is 3.81. The Morgan fingerprint density at radius 2 is 2.11 bits per heavy atom. The summed E-state index contributed by atoms with van der Waals surface area (Å²) in [5.74, 6) is 0.891. The lowest BCUT2D eigenvalue weighted by Crippen LogP contribution is -2.10. The van der Waals surface area contributed by atoms with E-state index in [0.717, 1.165) is 12.5 Å². The molecule has 0 aromatic rings. The van der Waals surface area contributed by atoms with Gasteiger partial charge in [0.25, 0.3) is 0 Å². The minimum absolute atomic E-state index is 0. The summed E-state index contributed by atoms with van der Waals surface area (Å²) in [5, 5.41) is 3.13. The summed E-state index contributed by atoms with van der Waals surface area (Å²) >= 11 is 0. The minimum Gasteiger partial charge on any atom is -0.320 e. The summed E-state index contributed by atoms with van der Waals surface area (Å²) in [5.41, 5.74) is 0. The predicted molar refractivity (Wildman–Crippen MR) is 46.8 cm³/mol. The topological polar surface area (TPSA) is 12.0 Å². The maximum Gasteiger partial charge on any atom is 0 e. The van der Waals surface area contributed by atoms with Crippen LogP contribution in [0.2, 0.25) is 0 Å². The van der Waals surface area contributed by atoms with Gasteiger partial charge in [-0.15, -0.1) is 0 Å². The van der Waals surface area contributed by atoms with Crippen LogP contribution in [0.15, 0.2) is 0 Å². The van der Waals surface area contributed by atoms with Crippen molar-refractivity contribution in [2.75, 3.05) is 13.6 Å². The summed E-state index contributed by atoms with van der Waals surface area (Å²) < 4.78 is 0. The molecule has 1 nitrogen and oxygen atoms in total. The third kappa shape index (κ3) is 7.96. The number of rotatable bonds is 4. The van der Waals surface area contributed by atoms with Crippen LogP contribution >= 0.6 is 0 Å². The Kier molecular flexibility index (Phi) is 10.4. The van der Waals surface area contributed by atoms with Crippen LogP contribution in [-0.2, 0) is 0 Å². The Labute approximate surface area is 61.3 Å². The Bertz CT molecular complexity index is 48.5. The zero-order valence-corrected chi connectivity index (χ0v) is 6.20. The van der Waals surface area contributed by atoms with Crippen molar-refractivity contribution in [3.05, 3.63) is 0 Å². The fourth-order valence-corrected chi connectivity index (χ4v) is 0.595. The molecule has 0 bridgehead atoms. The minimum atomic E-state index is 0. The van der Waals surface area contributed by atoms with Gasteiger partial charge in [-0.25, -0.2) is 0 Å². The van der Waals surface area contributed by atoms with E-state index in [9.17, 15) is 0 Å². The van der Waals surface area contributed by atoms with Gasteiger partial charge in [-0.3, -0.25) is 0 Å². The molecule has 1 heteroatoms. The van der Waals surface area contributed by atoms with E-state index >= 15 is 0 Å². The van der Waals surface area contributed by atoms with Crippen molar-refractivity contribution in [3.63, 3.8) is 0 Å². The molecule has 0 spiro atoms. The average Bonchev–Trinajstić information content (AvgIpc) is 1.83. The van der Waals surface area contributed by atoms with E-state index in [4.69, 9.17) is 0 Å². The highest BCUT2D eigenvalue weighted by atomic mass is 14.8. The van der Waals surface area contributed by atoms with Crippen LogP contribution in [0.4, 0.5) is 0 Å². The predicted octanol–water partition coefficient (Wildman–Crippen LogP) is 2.52. The standard InChI is InChI=1S/C7H17N.CH4.H2/c1-4-7(2)5-6-8-3;;/h7-8H,4-6H2,1-3H3;1H4;1H. The highest BCUT2D eigenvalue weighted by Crippen LogP contribution is 2.03. The first-order valence-corrected chi connectivity index (χ1v) is 3.45. The fraction of sp³-hybridized carbons (Fsp3) is 1.00. The summed E-state index contributed by atoms with van der Waals surface area (Å²) in [6, 6.07) is 0. The van der Waals surface area contributed by atoms with E-state index in [-0.39, 0.29) is 8.85 Å². The highest BCUT2D eigenvalue weighted by molar-refractivity contribution is 4.50. The van der Waals surface area contributed by atoms with Crippen molar-refractivity contribution in [1.29, 1.82) is 0 Å². The van der Waals surface area contributed by atoms with Gasteiger partial charge >= 0.3 is 0 Å². The third-order valence-corrected chi connectivity index (χ3v) is 1.58. The van der Waals surface area contributed by atoms with Gasteiger partial charge < -0.3 is 5.32 Å². The summed E-state index contributed by atoms with van der Waals surface area (Å²) in [6.07, 6.45) is 2.62. The van der Waals surface area contributed by atoms with E-state index < -0.39 is 0 Å². The summed E-state index contributed by atoms with van der Waals surface area (Å²) in [6.45, 7) is 5.69. The number of hydrogen-bond acceptors (Lipinski definition) is 1. The van der Waals surface area contributed by atoms with E-state index in [1.807, 2.05) is 7.05 Å². The van der Waals surface area contributed by atoms with Gasteiger partial charge in [0.1, 0.15) is 0 Å². The van der Waals surface area contributed by atoms with Gasteiger partial charge in [0, 0.05) is 1.43 Å². The van der Waals surface area contributed by atoms with Crippen LogP contribution in [0, 0.1) is 5.92 Å². The zero-order valence-electron chi connectivity index (χ0n) is 6.20. The second-order valence-corrected chi connectivity index (χ2v) is 2.41. The second kappa shape index (κ2) is 7.96. The molecule has 0 aliphatic heterocycles. The molecular weight excluding hydrogens is 110 g/mol. The molecule has 0 saturated heterocycles. The quantitative estimate of drug-likeness (QED) is 0.621. The maximum absolute atomic E-state index is 3.13. The van der Waals surface area contributed by atoms with Crippen molar-refractivity contribution in [1.82, 2.24) is 5.32 Å². The maximum atomic E-state index is 3.13. The molecule has 0 radical (unpaired) electrons. The second-order valence-electron chi connectivity index (χ2n) is 2.41. The van der Waals surface area contributed by atoms with Crippen molar-refractivity contribution in [3.8, 4) is 0 Å². The van der Waals surface area contributed by atoms with Crippen LogP contribution in [0.3, 0.4) is 0 Å². The molecule has 60 valence electrons. The van der Waals surface area contributed by atoms with Gasteiger partial charge in [-0.2, -0.15) is 0 Å². The average molecular weight is 133 g/mol. The van der Waals surface area contributed by atoms with E-state index in [0.29, 0.717) is 0 Å². The van der Waals surface area contributed by atoms with Crippen molar-refractivity contribution >= 4 is 0 Å². The summed E-state index contributed by atoms with van der Waals surface area (Å²) in [7, 11) is 2.00. The lowest BCUT2D eigenvalue weighted by molar-refractivity contribution is 0.503. The molecular formula is C8H23N. The molecule has 0 amide bonds. The molecule has 1 N–H and O–H groups in total. The first kappa shape index (κ1) is 11.7. The van der Waals surface area contributed by atoms with E-state index in [1.165, 1.54) is 12.8 Å². The Morgan fingerprint density at radius 3 is 2.44 bits per heavy atom. The molecule has 0 fully saturated rings. The van der Waals surface area contributed by atoms with Crippen LogP contribution in [-0.4, -0.2) is 13.6 Å². The largest absolute Gasteiger partial charge is 0.320 e. The number of hydrogen-bond donors (Lipinski definition) is 1. The van der Waals surface area contributed by atoms with Crippen molar-refractivity contribution < 1.29 is 1.43 Å². The lowest BCUT2D eigenvalue weighted by atomic mass is 10.1. The van der Waals surface area contributed by atoms with Crippen molar-refractivity contribution in [2.45, 2.75) is 34.1 Å². The van der Waals surface area contributed by atoms with Gasteiger partial charge in [0.2, 0.25) is 0 Å². The molecule has 1 unspecified atom stereocenters. The van der Waals surface area contributed by atoms with Crippen LogP contribution < -0.4 is 5.32 Å². The Hall–Kier alpha value is -0.0400. The van der Waals surface area contributed by atoms with Gasteiger partial charge in [-0.05, 0) is 25.9 Å². The van der Waals surface area contributed by atoms with Gasteiger partial charge in [0.05, 0.1) is 0 Å². The molecule has 0 heterocycles. The molecule has 1 atom stereocenters. The Balaban J connectivity index is -0.000000245. The van der Waals surface area contributed by atoms with Crippen LogP contribution in [0.5, 0.6) is 0 Å². The SMILES string of the molecule is C.CCC(C)CCNC.[HH]. The zero-order chi connectivity index (χ0) is 6.41. The third-order valence-electron chi connectivity index (χ3n) is 1.58. The molecule has 0 aromatic heterocycles. The van der Waals surface area contributed by atoms with Gasteiger partial charge in [0.15, 0.2) is 0 Å². The smallest absolute Gasteiger partial charge is 0 e. The molecule has 9 heavy (non-hydrogen) atoms. The first-order valence-electron chi connectivity index (χ1n) is 3.45.